The average molecular weight is 382 g/mol. The highest BCUT2D eigenvalue weighted by atomic mass is 19.1. The van der Waals surface area contributed by atoms with Crippen LogP contribution in [0.4, 0.5) is 8.78 Å². The molecule has 2 N–H and O–H groups in total. The highest BCUT2D eigenvalue weighted by Gasteiger charge is 2.35. The molecule has 1 aliphatic heterocycles. The lowest BCUT2D eigenvalue weighted by atomic mass is 9.88. The van der Waals surface area contributed by atoms with Crippen LogP contribution in [0.3, 0.4) is 0 Å². The number of hydrogen-bond donors (Lipinski definition) is 1. The second kappa shape index (κ2) is 7.56. The number of benzene rings is 1. The van der Waals surface area contributed by atoms with Crippen LogP contribution < -0.4 is 5.73 Å². The minimum absolute atomic E-state index is 0.0488. The van der Waals surface area contributed by atoms with Gasteiger partial charge in [-0.3, -0.25) is 9.78 Å². The monoisotopic (exact) mass is 382 g/mol. The Kier molecular flexibility index (Phi) is 5.18. The molecule has 2 heterocycles. The summed E-state index contributed by atoms with van der Waals surface area (Å²) in [5, 5.41) is 8.90. The largest absolute Gasteiger partial charge is 0.434 e. The number of nitrogens with two attached hydrogens (primary N) is 1. The molecule has 1 aromatic heterocycles. The van der Waals surface area contributed by atoms with Crippen LogP contribution in [0.15, 0.2) is 47.8 Å². The van der Waals surface area contributed by atoms with Gasteiger partial charge in [-0.15, -0.1) is 0 Å². The van der Waals surface area contributed by atoms with E-state index < -0.39 is 18.0 Å². The molecule has 0 unspecified atom stereocenters. The van der Waals surface area contributed by atoms with Gasteiger partial charge in [-0.2, -0.15) is 5.26 Å². The lowest BCUT2D eigenvalue weighted by molar-refractivity contribution is 0.0987. The van der Waals surface area contributed by atoms with Crippen molar-refractivity contribution in [2.45, 2.75) is 18.9 Å². The molecule has 0 saturated carbocycles. The summed E-state index contributed by atoms with van der Waals surface area (Å²) in [6, 6.07) is 7.23. The minimum atomic E-state index is -1.64. The Morgan fingerprint density at radius 3 is 2.82 bits per heavy atom. The molecular formula is C20H16F2N4O2. The van der Waals surface area contributed by atoms with Crippen molar-refractivity contribution in [2.75, 3.05) is 6.67 Å². The van der Waals surface area contributed by atoms with E-state index in [0.717, 1.165) is 12.3 Å². The maximum Gasteiger partial charge on any atom is 0.288 e. The molecule has 1 atom stereocenters. The molecule has 2 aromatic rings. The van der Waals surface area contributed by atoms with Gasteiger partial charge in [-0.05, 0) is 42.3 Å². The fraction of sp³-hybridized carbons (Fsp3) is 0.200. The van der Waals surface area contributed by atoms with Gasteiger partial charge in [0.05, 0.1) is 11.8 Å². The Balaban J connectivity index is 1.94. The number of ketones is 1. The molecule has 0 amide bonds. The Morgan fingerprint density at radius 2 is 2.18 bits per heavy atom. The van der Waals surface area contributed by atoms with Gasteiger partial charge in [0.1, 0.15) is 29.8 Å². The molecule has 0 fully saturated rings. The fourth-order valence-electron chi connectivity index (χ4n) is 2.98. The molecule has 1 aliphatic rings. The number of carbonyl (C=O) groups excluding carboxylic acids is 1. The van der Waals surface area contributed by atoms with Crippen LogP contribution in [0.5, 0.6) is 0 Å². The molecule has 3 rings (SSSR count). The van der Waals surface area contributed by atoms with Crippen molar-refractivity contribution in [1.82, 2.24) is 4.98 Å². The second-order valence-corrected chi connectivity index (χ2v) is 6.34. The summed E-state index contributed by atoms with van der Waals surface area (Å²) in [5.41, 5.74) is 5.42. The third-order valence-corrected chi connectivity index (χ3v) is 4.38. The van der Waals surface area contributed by atoms with E-state index in [1.807, 2.05) is 6.07 Å². The Bertz CT molecular complexity index is 1040. The Morgan fingerprint density at radius 1 is 1.39 bits per heavy atom. The van der Waals surface area contributed by atoms with Gasteiger partial charge in [0.2, 0.25) is 0 Å². The number of alkyl halides is 1. The first-order valence-electron chi connectivity index (χ1n) is 8.33. The Hall–Kier alpha value is -3.60. The van der Waals surface area contributed by atoms with Crippen molar-refractivity contribution >= 4 is 11.8 Å². The van der Waals surface area contributed by atoms with Gasteiger partial charge >= 0.3 is 0 Å². The Labute approximate surface area is 160 Å². The van der Waals surface area contributed by atoms with Crippen LogP contribution in [0.1, 0.15) is 32.7 Å². The van der Waals surface area contributed by atoms with Gasteiger partial charge in [-0.1, -0.05) is 6.07 Å². The number of aromatic nitrogens is 1. The fourth-order valence-corrected chi connectivity index (χ4v) is 2.98. The van der Waals surface area contributed by atoms with Crippen molar-refractivity contribution in [1.29, 1.82) is 5.26 Å². The van der Waals surface area contributed by atoms with Crippen molar-refractivity contribution in [3.05, 3.63) is 76.6 Å². The summed E-state index contributed by atoms with van der Waals surface area (Å²) in [4.78, 5) is 20.6. The lowest BCUT2D eigenvalue weighted by Gasteiger charge is -2.27. The van der Waals surface area contributed by atoms with Crippen molar-refractivity contribution in [3.63, 3.8) is 0 Å². The number of nitriles is 1. The van der Waals surface area contributed by atoms with Gasteiger partial charge in [-0.25, -0.2) is 13.8 Å². The molecule has 6 nitrogen and oxygen atoms in total. The third kappa shape index (κ3) is 3.60. The number of carbonyl (C=O) groups is 1. The first-order chi connectivity index (χ1) is 13.4. The molecule has 1 aromatic carbocycles. The van der Waals surface area contributed by atoms with Crippen molar-refractivity contribution in [3.8, 4) is 6.07 Å². The summed E-state index contributed by atoms with van der Waals surface area (Å²) in [5.74, 6) is -0.982. The summed E-state index contributed by atoms with van der Waals surface area (Å²) < 4.78 is 33.1. The average Bonchev–Trinajstić information content (AvgIpc) is 2.69. The lowest BCUT2D eigenvalue weighted by Crippen LogP contribution is -2.32. The maximum absolute atomic E-state index is 14.4. The van der Waals surface area contributed by atoms with Gasteiger partial charge < -0.3 is 10.5 Å². The zero-order chi connectivity index (χ0) is 20.3. The SMILES string of the molecule is Cc1cc(C#N)cnc1C(=O)Cc1ccc(F)c([C@]2(CF)C=COC(N)=N2)c1. The highest BCUT2D eigenvalue weighted by molar-refractivity contribution is 5.97. The van der Waals surface area contributed by atoms with Gasteiger partial charge in [0.15, 0.2) is 5.78 Å². The molecule has 0 aliphatic carbocycles. The first kappa shape index (κ1) is 19.2. The molecular weight excluding hydrogens is 366 g/mol. The molecule has 0 spiro atoms. The van der Waals surface area contributed by atoms with Gasteiger partial charge in [0.25, 0.3) is 6.02 Å². The summed E-state index contributed by atoms with van der Waals surface area (Å²) in [6.45, 7) is 0.651. The zero-order valence-corrected chi connectivity index (χ0v) is 14.9. The number of ether oxygens (including phenoxy) is 1. The van der Waals surface area contributed by atoms with Crippen LogP contribution in [-0.4, -0.2) is 23.5 Å². The van der Waals surface area contributed by atoms with E-state index in [2.05, 4.69) is 9.98 Å². The standard InChI is InChI=1S/C20H16F2N4O2/c1-12-6-14(9-23)10-25-18(12)17(27)8-13-2-3-16(22)15(7-13)20(11-21)4-5-28-19(24)26-20/h2-7,10H,8,11H2,1H3,(H2,24,26)/t20-/m1/s1. The van der Waals surface area contributed by atoms with Crippen molar-refractivity contribution in [2.24, 2.45) is 10.7 Å². The van der Waals surface area contributed by atoms with Crippen LogP contribution in [-0.2, 0) is 16.7 Å². The number of hydrogen-bond acceptors (Lipinski definition) is 6. The van der Waals surface area contributed by atoms with E-state index >= 15 is 0 Å². The highest BCUT2D eigenvalue weighted by Crippen LogP contribution is 2.33. The van der Waals surface area contributed by atoms with E-state index in [1.165, 1.54) is 24.4 Å². The molecule has 0 saturated heterocycles. The number of amidine groups is 1. The van der Waals surface area contributed by atoms with E-state index in [0.29, 0.717) is 16.7 Å². The third-order valence-electron chi connectivity index (χ3n) is 4.38. The normalized spacial score (nSPS) is 18.1. The molecule has 28 heavy (non-hydrogen) atoms. The van der Waals surface area contributed by atoms with Crippen LogP contribution in [0.2, 0.25) is 0 Å². The topological polar surface area (TPSA) is 101 Å². The predicted octanol–water partition coefficient (Wildman–Crippen LogP) is 2.85. The van der Waals surface area contributed by atoms with Crippen LogP contribution in [0.25, 0.3) is 0 Å². The predicted molar refractivity (Wildman–Crippen MR) is 97.6 cm³/mol. The number of rotatable bonds is 5. The maximum atomic E-state index is 14.4. The van der Waals surface area contributed by atoms with Gasteiger partial charge in [0, 0.05) is 18.2 Å². The number of Topliss-reactive ketones (excluding diaryl/α,β-unsaturated/α-hetero) is 1. The van der Waals surface area contributed by atoms with Crippen LogP contribution >= 0.6 is 0 Å². The first-order valence-corrected chi connectivity index (χ1v) is 8.33. The van der Waals surface area contributed by atoms with E-state index in [-0.39, 0.29) is 29.5 Å². The molecule has 142 valence electrons. The zero-order valence-electron chi connectivity index (χ0n) is 14.9. The number of aliphatic imine (C=N–C) groups is 1. The van der Waals surface area contributed by atoms with Crippen LogP contribution in [0, 0.1) is 24.1 Å². The number of pyridine rings is 1. The molecule has 8 heteroatoms. The van der Waals surface area contributed by atoms with E-state index in [4.69, 9.17) is 15.7 Å². The quantitative estimate of drug-likeness (QED) is 0.802. The smallest absolute Gasteiger partial charge is 0.288 e. The number of halogens is 2. The van der Waals surface area contributed by atoms with E-state index in [1.54, 1.807) is 13.0 Å². The van der Waals surface area contributed by atoms with Crippen molar-refractivity contribution < 1.29 is 18.3 Å². The number of aryl methyl sites for hydroxylation is 1. The summed E-state index contributed by atoms with van der Waals surface area (Å²) in [6.07, 6.45) is 3.68. The summed E-state index contributed by atoms with van der Waals surface area (Å²) in [7, 11) is 0. The summed E-state index contributed by atoms with van der Waals surface area (Å²) >= 11 is 0. The molecule has 0 bridgehead atoms. The molecule has 0 radical (unpaired) electrons. The second-order valence-electron chi connectivity index (χ2n) is 6.34. The number of nitrogens with zero attached hydrogens (tertiary/aromatic N) is 3. The minimum Gasteiger partial charge on any atom is -0.434 e. The van der Waals surface area contributed by atoms with E-state index in [9.17, 15) is 13.6 Å².